The van der Waals surface area contributed by atoms with Gasteiger partial charge in [0.05, 0.1) is 0 Å². The van der Waals surface area contributed by atoms with Crippen LogP contribution in [0, 0.1) is 6.92 Å². The summed E-state index contributed by atoms with van der Waals surface area (Å²) in [6.07, 6.45) is 0. The lowest BCUT2D eigenvalue weighted by atomic mass is 9.95. The monoisotopic (exact) mass is 285 g/mol. The van der Waals surface area contributed by atoms with Crippen molar-refractivity contribution in [3.8, 4) is 0 Å². The molecule has 1 aromatic carbocycles. The number of anilines is 2. The summed E-state index contributed by atoms with van der Waals surface area (Å²) in [5.41, 5.74) is 4.64. The molecule has 5 heteroatoms. The van der Waals surface area contributed by atoms with Gasteiger partial charge in [0.2, 0.25) is 0 Å². The van der Waals surface area contributed by atoms with Gasteiger partial charge in [0.1, 0.15) is 17.5 Å². The number of nitrogens with two attached hydrogens (primary N) is 1. The topological polar surface area (TPSA) is 75.9 Å². The van der Waals surface area contributed by atoms with E-state index in [9.17, 15) is 0 Å². The van der Waals surface area contributed by atoms with Crippen LogP contribution < -0.4 is 16.6 Å². The Morgan fingerprint density at radius 3 is 2.24 bits per heavy atom. The van der Waals surface area contributed by atoms with Crippen molar-refractivity contribution in [1.29, 1.82) is 0 Å². The fraction of sp³-hybridized carbons (Fsp3) is 0.375. The molecule has 0 aliphatic rings. The number of hydrogen-bond acceptors (Lipinski definition) is 5. The van der Waals surface area contributed by atoms with E-state index in [0.29, 0.717) is 12.4 Å². The molecule has 112 valence electrons. The molecule has 1 heterocycles. The zero-order valence-corrected chi connectivity index (χ0v) is 13.1. The van der Waals surface area contributed by atoms with Crippen molar-refractivity contribution in [2.24, 2.45) is 5.84 Å². The van der Waals surface area contributed by atoms with E-state index in [1.807, 2.05) is 25.1 Å². The van der Waals surface area contributed by atoms with Gasteiger partial charge in [0.15, 0.2) is 0 Å². The lowest BCUT2D eigenvalue weighted by Crippen LogP contribution is -2.21. The summed E-state index contributed by atoms with van der Waals surface area (Å²) in [5.74, 6) is 7.80. The Bertz CT molecular complexity index is 602. The Hall–Kier alpha value is -2.14. The lowest BCUT2D eigenvalue weighted by Gasteiger charge is -2.20. The van der Waals surface area contributed by atoms with Gasteiger partial charge >= 0.3 is 0 Å². The van der Waals surface area contributed by atoms with Crippen LogP contribution in [-0.2, 0) is 12.0 Å². The third kappa shape index (κ3) is 3.70. The Morgan fingerprint density at radius 2 is 1.67 bits per heavy atom. The molecular weight excluding hydrogens is 262 g/mol. The van der Waals surface area contributed by atoms with Crippen molar-refractivity contribution in [2.75, 3.05) is 10.7 Å². The molecular formula is C16H23N5. The Morgan fingerprint density at radius 1 is 1.05 bits per heavy atom. The van der Waals surface area contributed by atoms with Crippen LogP contribution in [0.5, 0.6) is 0 Å². The van der Waals surface area contributed by atoms with Crippen LogP contribution in [0.15, 0.2) is 30.3 Å². The van der Waals surface area contributed by atoms with Crippen molar-refractivity contribution < 1.29 is 0 Å². The predicted octanol–water partition coefficient (Wildman–Crippen LogP) is 2.98. The second kappa shape index (κ2) is 6.10. The van der Waals surface area contributed by atoms with Gasteiger partial charge in [-0.05, 0) is 12.5 Å². The Balaban J connectivity index is 2.29. The van der Waals surface area contributed by atoms with Gasteiger partial charge in [-0.25, -0.2) is 15.8 Å². The molecule has 2 rings (SSSR count). The largest absolute Gasteiger partial charge is 0.366 e. The first-order valence-electron chi connectivity index (χ1n) is 7.05. The second-order valence-electron chi connectivity index (χ2n) is 6.10. The minimum Gasteiger partial charge on any atom is -0.366 e. The molecule has 0 unspecified atom stereocenters. The highest BCUT2D eigenvalue weighted by Gasteiger charge is 2.20. The second-order valence-corrected chi connectivity index (χ2v) is 6.10. The first-order valence-corrected chi connectivity index (χ1v) is 7.05. The van der Waals surface area contributed by atoms with E-state index in [-0.39, 0.29) is 5.41 Å². The maximum absolute atomic E-state index is 5.57. The van der Waals surface area contributed by atoms with Crippen LogP contribution in [0.1, 0.15) is 37.7 Å². The molecule has 0 bridgehead atoms. The van der Waals surface area contributed by atoms with Crippen LogP contribution >= 0.6 is 0 Å². The minimum absolute atomic E-state index is 0.136. The summed E-state index contributed by atoms with van der Waals surface area (Å²) in [5, 5.41) is 3.37. The number of rotatable bonds is 4. The van der Waals surface area contributed by atoms with E-state index >= 15 is 0 Å². The van der Waals surface area contributed by atoms with Gasteiger partial charge in [-0.15, -0.1) is 0 Å². The first-order chi connectivity index (χ1) is 9.91. The van der Waals surface area contributed by atoms with Gasteiger partial charge in [-0.2, -0.15) is 0 Å². The van der Waals surface area contributed by atoms with Gasteiger partial charge in [-0.1, -0.05) is 51.1 Å². The molecule has 5 nitrogen and oxygen atoms in total. The molecule has 0 atom stereocenters. The van der Waals surface area contributed by atoms with Gasteiger partial charge in [0, 0.05) is 17.5 Å². The molecule has 4 N–H and O–H groups in total. The third-order valence-electron chi connectivity index (χ3n) is 3.26. The highest BCUT2D eigenvalue weighted by molar-refractivity contribution is 5.57. The van der Waals surface area contributed by atoms with Crippen molar-refractivity contribution in [3.63, 3.8) is 0 Å². The molecule has 0 amide bonds. The average Bonchev–Trinajstić information content (AvgIpc) is 2.46. The number of nitrogens with zero attached hydrogens (tertiary/aromatic N) is 2. The fourth-order valence-corrected chi connectivity index (χ4v) is 1.95. The smallest absolute Gasteiger partial charge is 0.148 e. The zero-order valence-electron chi connectivity index (χ0n) is 13.1. The number of aromatic nitrogens is 2. The maximum atomic E-state index is 5.57. The van der Waals surface area contributed by atoms with E-state index in [2.05, 4.69) is 53.6 Å². The molecule has 0 fully saturated rings. The van der Waals surface area contributed by atoms with E-state index in [1.165, 1.54) is 5.56 Å². The van der Waals surface area contributed by atoms with Crippen molar-refractivity contribution in [2.45, 2.75) is 39.7 Å². The molecule has 0 aliphatic carbocycles. The summed E-state index contributed by atoms with van der Waals surface area (Å²) < 4.78 is 0. The highest BCUT2D eigenvalue weighted by atomic mass is 15.3. The average molecular weight is 285 g/mol. The summed E-state index contributed by atoms with van der Waals surface area (Å²) in [6.45, 7) is 8.91. The van der Waals surface area contributed by atoms with E-state index in [0.717, 1.165) is 17.2 Å². The van der Waals surface area contributed by atoms with Crippen molar-refractivity contribution >= 4 is 11.6 Å². The van der Waals surface area contributed by atoms with Gasteiger partial charge in [-0.3, -0.25) is 0 Å². The number of benzene rings is 1. The van der Waals surface area contributed by atoms with Crippen LogP contribution in [0.4, 0.5) is 11.6 Å². The number of hydrogen-bond donors (Lipinski definition) is 3. The molecule has 21 heavy (non-hydrogen) atoms. The quantitative estimate of drug-likeness (QED) is 0.595. The molecule has 0 radical (unpaired) electrons. The normalized spacial score (nSPS) is 11.3. The SMILES string of the molecule is Cc1c(NN)nc(C(C)(C)C)nc1NCc1ccccc1. The summed E-state index contributed by atoms with van der Waals surface area (Å²) in [6, 6.07) is 10.2. The van der Waals surface area contributed by atoms with E-state index in [4.69, 9.17) is 5.84 Å². The zero-order chi connectivity index (χ0) is 15.5. The van der Waals surface area contributed by atoms with Crippen LogP contribution in [-0.4, -0.2) is 9.97 Å². The third-order valence-corrected chi connectivity index (χ3v) is 3.26. The van der Waals surface area contributed by atoms with Crippen molar-refractivity contribution in [1.82, 2.24) is 9.97 Å². The number of nitrogens with one attached hydrogen (secondary N) is 2. The van der Waals surface area contributed by atoms with E-state index in [1.54, 1.807) is 0 Å². The Kier molecular flexibility index (Phi) is 4.43. The lowest BCUT2D eigenvalue weighted by molar-refractivity contribution is 0.546. The van der Waals surface area contributed by atoms with Gasteiger partial charge in [0.25, 0.3) is 0 Å². The van der Waals surface area contributed by atoms with E-state index < -0.39 is 0 Å². The van der Waals surface area contributed by atoms with Crippen LogP contribution in [0.25, 0.3) is 0 Å². The highest BCUT2D eigenvalue weighted by Crippen LogP contribution is 2.26. The Labute approximate surface area is 126 Å². The summed E-state index contributed by atoms with van der Waals surface area (Å²) >= 11 is 0. The summed E-state index contributed by atoms with van der Waals surface area (Å²) in [7, 11) is 0. The molecule has 0 saturated heterocycles. The standard InChI is InChI=1S/C16H23N5/c1-11-13(18-10-12-8-6-5-7-9-12)19-15(16(2,3)4)20-14(11)21-17/h5-9H,10,17H2,1-4H3,(H2,18,19,20,21). The number of nitrogen functional groups attached to an aromatic ring is 1. The fourth-order valence-electron chi connectivity index (χ4n) is 1.95. The minimum atomic E-state index is -0.136. The number of hydrazine groups is 1. The molecule has 1 aromatic heterocycles. The molecule has 0 saturated carbocycles. The summed E-state index contributed by atoms with van der Waals surface area (Å²) in [4.78, 5) is 9.14. The predicted molar refractivity (Wildman–Crippen MR) is 87.0 cm³/mol. The van der Waals surface area contributed by atoms with Crippen molar-refractivity contribution in [3.05, 3.63) is 47.3 Å². The molecule has 0 aliphatic heterocycles. The molecule has 0 spiro atoms. The maximum Gasteiger partial charge on any atom is 0.148 e. The van der Waals surface area contributed by atoms with Gasteiger partial charge < -0.3 is 10.7 Å². The van der Waals surface area contributed by atoms with Crippen LogP contribution in [0.3, 0.4) is 0 Å². The first kappa shape index (κ1) is 15.3. The molecule has 2 aromatic rings. The van der Waals surface area contributed by atoms with Crippen LogP contribution in [0.2, 0.25) is 0 Å².